The van der Waals surface area contributed by atoms with Gasteiger partial charge >= 0.3 is 0 Å². The molecule has 0 N–H and O–H groups in total. The summed E-state index contributed by atoms with van der Waals surface area (Å²) in [4.78, 5) is 22.3. The molecule has 0 aliphatic rings. The third-order valence-electron chi connectivity index (χ3n) is 3.62. The van der Waals surface area contributed by atoms with Crippen molar-refractivity contribution in [1.82, 2.24) is 0 Å². The molecule has 0 heterocycles. The van der Waals surface area contributed by atoms with Crippen LogP contribution in [0.5, 0.6) is 0 Å². The van der Waals surface area contributed by atoms with Crippen LogP contribution in [0, 0.1) is 42.9 Å². The van der Waals surface area contributed by atoms with Gasteiger partial charge in [-0.1, -0.05) is 0 Å². The summed E-state index contributed by atoms with van der Waals surface area (Å²) in [5, 5.41) is 39.9. The molecule has 0 amide bonds. The Hall–Kier alpha value is -3.08. The van der Waals surface area contributed by atoms with E-state index in [0.717, 1.165) is 12.8 Å². The maximum Gasteiger partial charge on any atom is 0.284 e. The van der Waals surface area contributed by atoms with Crippen molar-refractivity contribution in [2.24, 2.45) is 0 Å². The SMILES string of the molecule is N#Cc1ccc(SCCCCSc2ccc(C#N)cc2[N+](=O)[O-])c([N+](=O)[O-])c1. The molecule has 10 heteroatoms. The number of hydrogen-bond donors (Lipinski definition) is 0. The van der Waals surface area contributed by atoms with Gasteiger partial charge in [0, 0.05) is 12.1 Å². The fourth-order valence-electron chi connectivity index (χ4n) is 2.27. The van der Waals surface area contributed by atoms with Crippen LogP contribution in [0.4, 0.5) is 11.4 Å². The lowest BCUT2D eigenvalue weighted by Crippen LogP contribution is -1.94. The first-order valence-corrected chi connectivity index (χ1v) is 10.1. The van der Waals surface area contributed by atoms with Crippen LogP contribution in [-0.4, -0.2) is 21.4 Å². The molecule has 2 aromatic rings. The smallest absolute Gasteiger partial charge is 0.258 e. The fourth-order valence-corrected chi connectivity index (χ4v) is 4.30. The molecule has 28 heavy (non-hydrogen) atoms. The number of nitrogens with zero attached hydrogens (tertiary/aromatic N) is 4. The first kappa shape index (κ1) is 21.2. The van der Waals surface area contributed by atoms with Crippen molar-refractivity contribution >= 4 is 34.9 Å². The zero-order valence-corrected chi connectivity index (χ0v) is 16.2. The quantitative estimate of drug-likeness (QED) is 0.244. The molecule has 142 valence electrons. The summed E-state index contributed by atoms with van der Waals surface area (Å²) in [6, 6.07) is 12.6. The lowest BCUT2D eigenvalue weighted by atomic mass is 10.2. The first-order chi connectivity index (χ1) is 13.5. The number of hydrogen-bond acceptors (Lipinski definition) is 8. The Bertz CT molecular complexity index is 903. The average Bonchev–Trinajstić information content (AvgIpc) is 2.70. The number of nitriles is 2. The molecule has 0 aliphatic carbocycles. The van der Waals surface area contributed by atoms with E-state index in [1.807, 2.05) is 12.1 Å². The summed E-state index contributed by atoms with van der Waals surface area (Å²) in [5.41, 5.74) is 0.339. The largest absolute Gasteiger partial charge is 0.284 e. The Morgan fingerprint density at radius 2 is 1.18 bits per heavy atom. The summed E-state index contributed by atoms with van der Waals surface area (Å²) in [5.74, 6) is 1.31. The molecule has 2 aromatic carbocycles. The molecule has 8 nitrogen and oxygen atoms in total. The van der Waals surface area contributed by atoms with E-state index in [1.165, 1.54) is 35.7 Å². The Morgan fingerprint density at radius 1 is 0.786 bits per heavy atom. The Labute approximate surface area is 169 Å². The van der Waals surface area contributed by atoms with Crippen LogP contribution in [0.25, 0.3) is 0 Å². The number of unbranched alkanes of at least 4 members (excludes halogenated alkanes) is 1. The summed E-state index contributed by atoms with van der Waals surface area (Å²) in [7, 11) is 0. The van der Waals surface area contributed by atoms with Gasteiger partial charge in [0.15, 0.2) is 0 Å². The van der Waals surface area contributed by atoms with E-state index in [0.29, 0.717) is 21.3 Å². The summed E-state index contributed by atoms with van der Waals surface area (Å²) < 4.78 is 0. The van der Waals surface area contributed by atoms with E-state index >= 15 is 0 Å². The third-order valence-corrected chi connectivity index (χ3v) is 5.92. The molecule has 0 aliphatic heterocycles. The van der Waals surface area contributed by atoms with Gasteiger partial charge in [0.1, 0.15) is 0 Å². The van der Waals surface area contributed by atoms with E-state index in [4.69, 9.17) is 10.5 Å². The minimum atomic E-state index is -0.497. The van der Waals surface area contributed by atoms with Crippen LogP contribution in [0.3, 0.4) is 0 Å². The van der Waals surface area contributed by atoms with Gasteiger partial charge in [0.05, 0.1) is 42.9 Å². The van der Waals surface area contributed by atoms with Gasteiger partial charge in [-0.3, -0.25) is 20.2 Å². The van der Waals surface area contributed by atoms with Gasteiger partial charge in [0.2, 0.25) is 0 Å². The molecule has 0 unspecified atom stereocenters. The Balaban J connectivity index is 1.85. The normalized spacial score (nSPS) is 10.1. The molecular weight excluding hydrogens is 400 g/mol. The lowest BCUT2D eigenvalue weighted by Gasteiger charge is -2.05. The highest BCUT2D eigenvalue weighted by atomic mass is 32.2. The minimum absolute atomic E-state index is 0.0772. The first-order valence-electron chi connectivity index (χ1n) is 8.09. The highest BCUT2D eigenvalue weighted by molar-refractivity contribution is 7.99. The van der Waals surface area contributed by atoms with Gasteiger partial charge in [-0.15, -0.1) is 23.5 Å². The molecule has 0 aromatic heterocycles. The highest BCUT2D eigenvalue weighted by Gasteiger charge is 2.16. The molecule has 0 saturated carbocycles. The van der Waals surface area contributed by atoms with Gasteiger partial charge in [-0.25, -0.2) is 0 Å². The molecule has 0 fully saturated rings. The third kappa shape index (κ3) is 5.71. The number of nitro groups is 2. The Kier molecular flexibility index (Phi) is 7.81. The average molecular weight is 414 g/mol. The second-order valence-corrected chi connectivity index (χ2v) is 7.78. The maximum atomic E-state index is 11.1. The van der Waals surface area contributed by atoms with E-state index in [9.17, 15) is 20.2 Å². The molecule has 2 rings (SSSR count). The van der Waals surface area contributed by atoms with Crippen molar-refractivity contribution < 1.29 is 9.85 Å². The van der Waals surface area contributed by atoms with Gasteiger partial charge in [-0.2, -0.15) is 10.5 Å². The number of benzene rings is 2. The van der Waals surface area contributed by atoms with Crippen LogP contribution in [-0.2, 0) is 0 Å². The van der Waals surface area contributed by atoms with Gasteiger partial charge in [0.25, 0.3) is 11.4 Å². The second-order valence-electron chi connectivity index (χ2n) is 5.51. The molecular formula is C18H14N4O4S2. The minimum Gasteiger partial charge on any atom is -0.258 e. The van der Waals surface area contributed by atoms with Crippen molar-refractivity contribution in [3.8, 4) is 12.1 Å². The van der Waals surface area contributed by atoms with E-state index in [1.54, 1.807) is 24.3 Å². The van der Waals surface area contributed by atoms with Crippen molar-refractivity contribution in [2.75, 3.05) is 11.5 Å². The van der Waals surface area contributed by atoms with Crippen molar-refractivity contribution in [1.29, 1.82) is 10.5 Å². The molecule has 0 atom stereocenters. The van der Waals surface area contributed by atoms with Gasteiger partial charge in [-0.05, 0) is 48.6 Å². The van der Waals surface area contributed by atoms with Crippen molar-refractivity contribution in [3.05, 3.63) is 67.8 Å². The number of nitro benzene ring substituents is 2. The summed E-state index contributed by atoms with van der Waals surface area (Å²) in [6.45, 7) is 0. The Morgan fingerprint density at radius 3 is 1.50 bits per heavy atom. The van der Waals surface area contributed by atoms with Crippen molar-refractivity contribution in [2.45, 2.75) is 22.6 Å². The highest BCUT2D eigenvalue weighted by Crippen LogP contribution is 2.32. The maximum absolute atomic E-state index is 11.1. The zero-order chi connectivity index (χ0) is 20.5. The zero-order valence-electron chi connectivity index (χ0n) is 14.5. The summed E-state index contributed by atoms with van der Waals surface area (Å²) >= 11 is 2.70. The number of rotatable bonds is 9. The van der Waals surface area contributed by atoms with Gasteiger partial charge < -0.3 is 0 Å². The van der Waals surface area contributed by atoms with Crippen LogP contribution in [0.15, 0.2) is 46.2 Å². The monoisotopic (exact) mass is 414 g/mol. The predicted molar refractivity (Wildman–Crippen MR) is 106 cm³/mol. The predicted octanol–water partition coefficient (Wildman–Crippen LogP) is 4.91. The number of thioether (sulfide) groups is 2. The summed E-state index contributed by atoms with van der Waals surface area (Å²) in [6.07, 6.45) is 1.55. The van der Waals surface area contributed by atoms with Crippen LogP contribution in [0.2, 0.25) is 0 Å². The lowest BCUT2D eigenvalue weighted by molar-refractivity contribution is -0.387. The molecule has 0 radical (unpaired) electrons. The van der Waals surface area contributed by atoms with Crippen molar-refractivity contribution in [3.63, 3.8) is 0 Å². The second kappa shape index (κ2) is 10.3. The molecule has 0 spiro atoms. The van der Waals surface area contributed by atoms with Crippen LogP contribution < -0.4 is 0 Å². The van der Waals surface area contributed by atoms with E-state index in [2.05, 4.69) is 0 Å². The van der Waals surface area contributed by atoms with Crippen LogP contribution >= 0.6 is 23.5 Å². The van der Waals surface area contributed by atoms with E-state index < -0.39 is 9.85 Å². The topological polar surface area (TPSA) is 134 Å². The standard InChI is InChI=1S/C18H14N4O4S2/c19-11-13-3-5-17(15(9-13)21(23)24)27-7-1-2-8-28-18-6-4-14(12-20)10-16(18)22(25)26/h3-6,9-10H,1-2,7-8H2. The molecule has 0 saturated heterocycles. The van der Waals surface area contributed by atoms with Crippen LogP contribution in [0.1, 0.15) is 24.0 Å². The van der Waals surface area contributed by atoms with E-state index in [-0.39, 0.29) is 22.5 Å². The fraction of sp³-hybridized carbons (Fsp3) is 0.222. The molecule has 0 bridgehead atoms.